The zero-order valence-electron chi connectivity index (χ0n) is 11.0. The Balaban J connectivity index is 1.93. The van der Waals surface area contributed by atoms with Crippen molar-refractivity contribution in [1.29, 1.82) is 0 Å². The van der Waals surface area contributed by atoms with Crippen molar-refractivity contribution in [3.05, 3.63) is 23.8 Å². The van der Waals surface area contributed by atoms with Crippen LogP contribution in [0.1, 0.15) is 23.2 Å². The second-order valence-electron chi connectivity index (χ2n) is 4.95. The molecule has 2 N–H and O–H groups in total. The molecule has 20 heavy (non-hydrogen) atoms. The molecule has 1 saturated heterocycles. The fourth-order valence-electron chi connectivity index (χ4n) is 2.76. The summed E-state index contributed by atoms with van der Waals surface area (Å²) in [6, 6.07) is 4.59. The van der Waals surface area contributed by atoms with Crippen LogP contribution in [0.25, 0.3) is 0 Å². The number of nitrogens with zero attached hydrogens (tertiary/aromatic N) is 1. The van der Waals surface area contributed by atoms with Gasteiger partial charge in [0.1, 0.15) is 12.6 Å². The van der Waals surface area contributed by atoms with E-state index < -0.39 is 12.0 Å². The molecular weight excluding hydrogens is 260 g/mol. The Kier molecular flexibility index (Phi) is 3.22. The summed E-state index contributed by atoms with van der Waals surface area (Å²) in [5.74, 6) is -0.685. The van der Waals surface area contributed by atoms with Crippen molar-refractivity contribution >= 4 is 17.6 Å². The number of aliphatic carboxylic acids is 1. The first-order chi connectivity index (χ1) is 9.68. The third-order valence-electron chi connectivity index (χ3n) is 3.71. The maximum absolute atomic E-state index is 12.6. The van der Waals surface area contributed by atoms with E-state index >= 15 is 0 Å². The minimum absolute atomic E-state index is 0.268. The molecule has 2 aliphatic heterocycles. The summed E-state index contributed by atoms with van der Waals surface area (Å²) in [4.78, 5) is 25.2. The number of carboxylic acid groups (broad SMARTS) is 1. The standard InChI is InChI=1S/C14H16N2O4/c17-13(16-7-2-5-11(16)14(18)19)9-3-1-4-10-12(9)20-8-6-15-10/h1,3-4,11,15H,2,5-8H2,(H,18,19)/t11-/m0/s1. The Hall–Kier alpha value is -2.24. The predicted octanol–water partition coefficient (Wildman–Crippen LogP) is 1.18. The van der Waals surface area contributed by atoms with E-state index in [9.17, 15) is 14.7 Å². The number of benzene rings is 1. The molecule has 1 aromatic carbocycles. The monoisotopic (exact) mass is 276 g/mol. The van der Waals surface area contributed by atoms with Crippen LogP contribution in [0.15, 0.2) is 18.2 Å². The zero-order chi connectivity index (χ0) is 14.1. The van der Waals surface area contributed by atoms with Crippen molar-refractivity contribution < 1.29 is 19.4 Å². The third-order valence-corrected chi connectivity index (χ3v) is 3.71. The zero-order valence-corrected chi connectivity index (χ0v) is 11.0. The summed E-state index contributed by atoms with van der Waals surface area (Å²) < 4.78 is 5.57. The van der Waals surface area contributed by atoms with E-state index in [0.29, 0.717) is 37.4 Å². The summed E-state index contributed by atoms with van der Waals surface area (Å²) in [5.41, 5.74) is 1.22. The van der Waals surface area contributed by atoms with Crippen LogP contribution in [0.5, 0.6) is 5.75 Å². The number of hydrogen-bond donors (Lipinski definition) is 2. The molecule has 6 nitrogen and oxygen atoms in total. The summed E-state index contributed by atoms with van der Waals surface area (Å²) in [7, 11) is 0. The van der Waals surface area contributed by atoms with Gasteiger partial charge in [0, 0.05) is 13.1 Å². The number of nitrogens with one attached hydrogen (secondary N) is 1. The minimum atomic E-state index is -0.945. The van der Waals surface area contributed by atoms with Gasteiger partial charge < -0.3 is 20.1 Å². The van der Waals surface area contributed by atoms with Crippen LogP contribution in [0.4, 0.5) is 5.69 Å². The molecule has 6 heteroatoms. The maximum Gasteiger partial charge on any atom is 0.326 e. The van der Waals surface area contributed by atoms with Crippen molar-refractivity contribution in [3.8, 4) is 5.75 Å². The fourth-order valence-corrected chi connectivity index (χ4v) is 2.76. The largest absolute Gasteiger partial charge is 0.489 e. The number of rotatable bonds is 2. The number of amides is 1. The topological polar surface area (TPSA) is 78.9 Å². The minimum Gasteiger partial charge on any atom is -0.489 e. The highest BCUT2D eigenvalue weighted by Crippen LogP contribution is 2.33. The van der Waals surface area contributed by atoms with Crippen LogP contribution in [0.2, 0.25) is 0 Å². The molecule has 2 heterocycles. The highest BCUT2D eigenvalue weighted by Gasteiger charge is 2.35. The van der Waals surface area contributed by atoms with Crippen molar-refractivity contribution in [2.75, 3.05) is 25.0 Å². The first-order valence-electron chi connectivity index (χ1n) is 6.72. The fraction of sp³-hybridized carbons (Fsp3) is 0.429. The molecule has 1 aromatic rings. The van der Waals surface area contributed by atoms with Gasteiger partial charge in [-0.2, -0.15) is 0 Å². The molecule has 0 aromatic heterocycles. The van der Waals surface area contributed by atoms with Crippen molar-refractivity contribution in [2.24, 2.45) is 0 Å². The van der Waals surface area contributed by atoms with Gasteiger partial charge in [0.15, 0.2) is 5.75 Å². The number of likely N-dealkylation sites (tertiary alicyclic amines) is 1. The number of carbonyl (C=O) groups excluding carboxylic acids is 1. The van der Waals surface area contributed by atoms with E-state index in [1.54, 1.807) is 12.1 Å². The molecule has 1 fully saturated rings. The second-order valence-corrected chi connectivity index (χ2v) is 4.95. The van der Waals surface area contributed by atoms with E-state index in [0.717, 1.165) is 12.1 Å². The second kappa shape index (κ2) is 5.03. The molecule has 106 valence electrons. The lowest BCUT2D eigenvalue weighted by molar-refractivity contribution is -0.141. The average molecular weight is 276 g/mol. The van der Waals surface area contributed by atoms with Gasteiger partial charge in [0.2, 0.25) is 0 Å². The number of carboxylic acids is 1. The van der Waals surface area contributed by atoms with Gasteiger partial charge in [-0.3, -0.25) is 4.79 Å². The van der Waals surface area contributed by atoms with Crippen LogP contribution in [0.3, 0.4) is 0 Å². The molecule has 1 atom stereocenters. The van der Waals surface area contributed by atoms with Crippen LogP contribution >= 0.6 is 0 Å². The van der Waals surface area contributed by atoms with Gasteiger partial charge in [-0.25, -0.2) is 4.79 Å². The molecule has 0 radical (unpaired) electrons. The quantitative estimate of drug-likeness (QED) is 0.848. The van der Waals surface area contributed by atoms with Crippen LogP contribution < -0.4 is 10.1 Å². The summed E-state index contributed by atoms with van der Waals surface area (Å²) in [5, 5.41) is 12.4. The SMILES string of the molecule is O=C(O)[C@@H]1CCCN1C(=O)c1cccc2c1OCCN2. The Morgan fingerprint density at radius 1 is 1.40 bits per heavy atom. The van der Waals surface area contributed by atoms with Gasteiger partial charge in [-0.05, 0) is 25.0 Å². The lowest BCUT2D eigenvalue weighted by Gasteiger charge is -2.25. The normalized spacial score (nSPS) is 20.8. The Morgan fingerprint density at radius 3 is 3.05 bits per heavy atom. The first-order valence-corrected chi connectivity index (χ1v) is 6.72. The Bertz CT molecular complexity index is 558. The molecule has 3 rings (SSSR count). The lowest BCUT2D eigenvalue weighted by atomic mass is 10.1. The van der Waals surface area contributed by atoms with E-state index in [1.165, 1.54) is 4.90 Å². The molecular formula is C14H16N2O4. The molecule has 0 unspecified atom stereocenters. The first kappa shape index (κ1) is 12.8. The summed E-state index contributed by atoms with van der Waals surface area (Å²) in [6.45, 7) is 1.68. The number of ether oxygens (including phenoxy) is 1. The summed E-state index contributed by atoms with van der Waals surface area (Å²) in [6.07, 6.45) is 1.23. The van der Waals surface area contributed by atoms with Gasteiger partial charge in [-0.15, -0.1) is 0 Å². The molecule has 0 spiro atoms. The smallest absolute Gasteiger partial charge is 0.326 e. The van der Waals surface area contributed by atoms with Crippen molar-refractivity contribution in [3.63, 3.8) is 0 Å². The van der Waals surface area contributed by atoms with E-state index in [-0.39, 0.29) is 5.91 Å². The Morgan fingerprint density at radius 2 is 2.25 bits per heavy atom. The molecule has 0 saturated carbocycles. The van der Waals surface area contributed by atoms with Gasteiger partial charge in [-0.1, -0.05) is 6.07 Å². The van der Waals surface area contributed by atoms with Crippen LogP contribution in [-0.2, 0) is 4.79 Å². The Labute approximate surface area is 116 Å². The number of hydrogen-bond acceptors (Lipinski definition) is 4. The van der Waals surface area contributed by atoms with E-state index in [4.69, 9.17) is 4.74 Å². The average Bonchev–Trinajstić information content (AvgIpc) is 2.95. The van der Waals surface area contributed by atoms with Crippen molar-refractivity contribution in [1.82, 2.24) is 4.90 Å². The number of carbonyl (C=O) groups is 2. The number of anilines is 1. The van der Waals surface area contributed by atoms with Gasteiger partial charge >= 0.3 is 5.97 Å². The highest BCUT2D eigenvalue weighted by molar-refractivity contribution is 6.01. The van der Waals surface area contributed by atoms with E-state index in [1.807, 2.05) is 6.07 Å². The van der Waals surface area contributed by atoms with Crippen LogP contribution in [0, 0.1) is 0 Å². The maximum atomic E-state index is 12.6. The third kappa shape index (κ3) is 2.07. The molecule has 2 aliphatic rings. The predicted molar refractivity (Wildman–Crippen MR) is 72.1 cm³/mol. The molecule has 0 aliphatic carbocycles. The van der Waals surface area contributed by atoms with E-state index in [2.05, 4.69) is 5.32 Å². The molecule has 1 amide bonds. The molecule has 0 bridgehead atoms. The highest BCUT2D eigenvalue weighted by atomic mass is 16.5. The van der Waals surface area contributed by atoms with Crippen molar-refractivity contribution in [2.45, 2.75) is 18.9 Å². The number of fused-ring (bicyclic) bond motifs is 1. The van der Waals surface area contributed by atoms with Gasteiger partial charge in [0.25, 0.3) is 5.91 Å². The lowest BCUT2D eigenvalue weighted by Crippen LogP contribution is -2.40. The number of para-hydroxylation sites is 1. The van der Waals surface area contributed by atoms with Crippen LogP contribution in [-0.4, -0.2) is 47.6 Å². The summed E-state index contributed by atoms with van der Waals surface area (Å²) >= 11 is 0. The van der Waals surface area contributed by atoms with Gasteiger partial charge in [0.05, 0.1) is 11.3 Å².